The Bertz CT molecular complexity index is 1660. The summed E-state index contributed by atoms with van der Waals surface area (Å²) < 4.78 is 64.2. The molecule has 0 spiro atoms. The van der Waals surface area contributed by atoms with Gasteiger partial charge in [-0.1, -0.05) is 11.6 Å². The van der Waals surface area contributed by atoms with E-state index in [1.165, 1.54) is 23.6 Å². The van der Waals surface area contributed by atoms with Crippen molar-refractivity contribution in [2.75, 3.05) is 13.2 Å². The van der Waals surface area contributed by atoms with Crippen LogP contribution >= 0.6 is 11.6 Å². The van der Waals surface area contributed by atoms with E-state index in [-0.39, 0.29) is 39.8 Å². The molecule has 4 N–H and O–H groups in total. The smallest absolute Gasteiger partial charge is 0.424 e. The van der Waals surface area contributed by atoms with Gasteiger partial charge in [-0.15, -0.1) is 0 Å². The molecule has 1 aliphatic rings. The van der Waals surface area contributed by atoms with E-state index < -0.39 is 47.1 Å². The molecule has 0 fully saturated rings. The van der Waals surface area contributed by atoms with Crippen LogP contribution in [0.2, 0.25) is 5.02 Å². The van der Waals surface area contributed by atoms with Crippen molar-refractivity contribution in [3.8, 4) is 17.0 Å². The topological polar surface area (TPSA) is 132 Å². The number of nitrogens with one attached hydrogen (secondary N) is 1. The number of halogens is 5. The fourth-order valence-corrected chi connectivity index (χ4v) is 4.65. The molecule has 1 aliphatic heterocycles. The largest absolute Gasteiger partial charge is 0.489 e. The van der Waals surface area contributed by atoms with Gasteiger partial charge in [0.2, 0.25) is 11.5 Å². The van der Waals surface area contributed by atoms with Gasteiger partial charge in [-0.3, -0.25) is 9.59 Å². The van der Waals surface area contributed by atoms with Gasteiger partial charge in [0.1, 0.15) is 29.3 Å². The first-order chi connectivity index (χ1) is 18.8. The Hall–Kier alpha value is -4.23. The standard InChI is InChI=1S/C26H20ClF4N5O4/c1-24(23(32)38)12-40-21-16(24)9-18(35-20(21)13-4-6-14(28)7-5-13)25(39,26(29,30)31)11-33-22(37)15-10-34-36-8-2-3-17(36)19(15)27/h2-10,39H,11-12H2,1H3,(H2,32,38)(H,33,37)/t24-,25-/m0/s1. The molecule has 0 radical (unpaired) electrons. The molecule has 2 atom stereocenters. The lowest BCUT2D eigenvalue weighted by atomic mass is 9.81. The second kappa shape index (κ2) is 9.45. The highest BCUT2D eigenvalue weighted by Crippen LogP contribution is 2.47. The van der Waals surface area contributed by atoms with Gasteiger partial charge in [-0.25, -0.2) is 13.9 Å². The molecule has 4 heterocycles. The van der Waals surface area contributed by atoms with Gasteiger partial charge in [0, 0.05) is 17.3 Å². The van der Waals surface area contributed by atoms with Crippen LogP contribution in [0.3, 0.4) is 0 Å². The number of hydrogen-bond donors (Lipinski definition) is 3. The van der Waals surface area contributed by atoms with Crippen molar-refractivity contribution in [3.05, 3.63) is 82.5 Å². The van der Waals surface area contributed by atoms with Crippen molar-refractivity contribution in [1.29, 1.82) is 0 Å². The molecule has 14 heteroatoms. The fraction of sp³-hybridized carbons (Fsp3) is 0.231. The van der Waals surface area contributed by atoms with Crippen LogP contribution < -0.4 is 15.8 Å². The number of carbonyl (C=O) groups is 2. The summed E-state index contributed by atoms with van der Waals surface area (Å²) in [4.78, 5) is 29.2. The zero-order valence-electron chi connectivity index (χ0n) is 20.6. The van der Waals surface area contributed by atoms with Gasteiger partial charge >= 0.3 is 6.18 Å². The molecule has 0 saturated carbocycles. The van der Waals surface area contributed by atoms with E-state index in [9.17, 15) is 32.3 Å². The number of pyridine rings is 1. The maximum absolute atomic E-state index is 14.5. The first-order valence-corrected chi connectivity index (χ1v) is 12.1. The lowest BCUT2D eigenvalue weighted by Crippen LogP contribution is -2.52. The van der Waals surface area contributed by atoms with Gasteiger partial charge in [0.25, 0.3) is 5.91 Å². The minimum absolute atomic E-state index is 0.0384. The number of primary amides is 1. The van der Waals surface area contributed by atoms with E-state index in [4.69, 9.17) is 22.1 Å². The summed E-state index contributed by atoms with van der Waals surface area (Å²) in [5.74, 6) is -2.57. The first-order valence-electron chi connectivity index (χ1n) is 11.7. The van der Waals surface area contributed by atoms with Crippen molar-refractivity contribution in [3.63, 3.8) is 0 Å². The number of carbonyl (C=O) groups excluding carboxylic acids is 2. The number of benzene rings is 1. The molecular formula is C26H20ClF4N5O4. The highest BCUT2D eigenvalue weighted by Gasteiger charge is 2.57. The van der Waals surface area contributed by atoms with E-state index in [1.54, 1.807) is 18.3 Å². The molecule has 0 bridgehead atoms. The molecule has 0 unspecified atom stereocenters. The number of nitrogens with zero attached hydrogens (tertiary/aromatic N) is 3. The van der Waals surface area contributed by atoms with Crippen LogP contribution in [0.15, 0.2) is 54.9 Å². The molecule has 9 nitrogen and oxygen atoms in total. The van der Waals surface area contributed by atoms with Crippen molar-refractivity contribution in [1.82, 2.24) is 19.9 Å². The monoisotopic (exact) mass is 577 g/mol. The zero-order chi connectivity index (χ0) is 29.0. The normalized spacial score (nSPS) is 18.2. The highest BCUT2D eigenvalue weighted by molar-refractivity contribution is 6.36. The summed E-state index contributed by atoms with van der Waals surface area (Å²) in [5.41, 5.74) is -0.653. The Labute approximate surface area is 228 Å². The molecule has 3 aromatic heterocycles. The minimum Gasteiger partial charge on any atom is -0.489 e. The van der Waals surface area contributed by atoms with E-state index in [2.05, 4.69) is 15.4 Å². The Balaban J connectivity index is 1.60. The van der Waals surface area contributed by atoms with Crippen LogP contribution in [0.4, 0.5) is 17.6 Å². The lowest BCUT2D eigenvalue weighted by Gasteiger charge is -2.31. The number of fused-ring (bicyclic) bond motifs is 2. The van der Waals surface area contributed by atoms with Crippen molar-refractivity contribution >= 4 is 28.9 Å². The second-order valence-corrected chi connectivity index (χ2v) is 9.85. The summed E-state index contributed by atoms with van der Waals surface area (Å²) in [7, 11) is 0. The van der Waals surface area contributed by atoms with Crippen molar-refractivity contribution in [2.24, 2.45) is 5.73 Å². The SMILES string of the molecule is C[C@]1(C(N)=O)COc2c1cc([C@@](O)(CNC(=O)c1cnn3cccc3c1Cl)C(F)(F)F)nc2-c1ccc(F)cc1. The first kappa shape index (κ1) is 27.3. The van der Waals surface area contributed by atoms with Crippen LogP contribution in [0.25, 0.3) is 16.8 Å². The van der Waals surface area contributed by atoms with E-state index in [1.807, 2.05) is 0 Å². The van der Waals surface area contributed by atoms with E-state index in [0.29, 0.717) is 5.52 Å². The maximum atomic E-state index is 14.5. The van der Waals surface area contributed by atoms with Gasteiger partial charge < -0.3 is 20.9 Å². The number of hydrogen-bond acceptors (Lipinski definition) is 6. The number of aliphatic hydroxyl groups is 1. The van der Waals surface area contributed by atoms with E-state index >= 15 is 0 Å². The molecule has 4 aromatic rings. The molecule has 0 saturated heterocycles. The number of alkyl halides is 3. The average molecular weight is 578 g/mol. The Morgan fingerprint density at radius 3 is 2.60 bits per heavy atom. The van der Waals surface area contributed by atoms with Gasteiger partial charge in [-0.05, 0) is 49.4 Å². The molecular weight excluding hydrogens is 558 g/mol. The van der Waals surface area contributed by atoms with Crippen molar-refractivity contribution in [2.45, 2.75) is 24.1 Å². The Morgan fingerprint density at radius 1 is 1.25 bits per heavy atom. The Morgan fingerprint density at radius 2 is 1.95 bits per heavy atom. The van der Waals surface area contributed by atoms with Crippen LogP contribution in [0.1, 0.15) is 28.5 Å². The van der Waals surface area contributed by atoms with Gasteiger partial charge in [0.15, 0.2) is 0 Å². The van der Waals surface area contributed by atoms with Crippen LogP contribution in [-0.2, 0) is 15.8 Å². The third kappa shape index (κ3) is 4.31. The van der Waals surface area contributed by atoms with Crippen LogP contribution in [0.5, 0.6) is 5.75 Å². The van der Waals surface area contributed by atoms with E-state index in [0.717, 1.165) is 24.4 Å². The predicted molar refractivity (Wildman–Crippen MR) is 134 cm³/mol. The number of rotatable bonds is 6. The molecule has 1 aromatic carbocycles. The predicted octanol–water partition coefficient (Wildman–Crippen LogP) is 3.50. The molecule has 40 heavy (non-hydrogen) atoms. The second-order valence-electron chi connectivity index (χ2n) is 9.48. The van der Waals surface area contributed by atoms with Crippen LogP contribution in [-0.4, -0.2) is 50.8 Å². The third-order valence-electron chi connectivity index (χ3n) is 6.88. The quantitative estimate of drug-likeness (QED) is 0.301. The molecule has 0 aliphatic carbocycles. The number of aromatic nitrogens is 3. The average Bonchev–Trinajstić information content (AvgIpc) is 3.53. The lowest BCUT2D eigenvalue weighted by molar-refractivity contribution is -0.265. The van der Waals surface area contributed by atoms with Gasteiger partial charge in [-0.2, -0.15) is 18.3 Å². The minimum atomic E-state index is -5.36. The molecule has 2 amide bonds. The summed E-state index contributed by atoms with van der Waals surface area (Å²) >= 11 is 6.26. The summed E-state index contributed by atoms with van der Waals surface area (Å²) in [6.07, 6.45) is -2.72. The Kier molecular flexibility index (Phi) is 6.46. The summed E-state index contributed by atoms with van der Waals surface area (Å²) in [6, 6.07) is 8.68. The molecule has 208 valence electrons. The molecule has 5 rings (SSSR count). The maximum Gasteiger partial charge on any atom is 0.424 e. The fourth-order valence-electron chi connectivity index (χ4n) is 4.36. The highest BCUT2D eigenvalue weighted by atomic mass is 35.5. The zero-order valence-corrected chi connectivity index (χ0v) is 21.3. The van der Waals surface area contributed by atoms with Gasteiger partial charge in [0.05, 0.1) is 34.5 Å². The number of nitrogens with two attached hydrogens (primary N) is 1. The van der Waals surface area contributed by atoms with Crippen LogP contribution in [0, 0.1) is 5.82 Å². The number of amides is 2. The number of ether oxygens (including phenoxy) is 1. The third-order valence-corrected chi connectivity index (χ3v) is 7.27. The van der Waals surface area contributed by atoms with Crippen molar-refractivity contribution < 1.29 is 37.0 Å². The summed E-state index contributed by atoms with van der Waals surface area (Å²) in [5, 5.41) is 17.1. The summed E-state index contributed by atoms with van der Waals surface area (Å²) in [6.45, 7) is -0.299.